The molecule has 0 atom stereocenters. The first-order valence-electron chi connectivity index (χ1n) is 6.09. The fourth-order valence-electron chi connectivity index (χ4n) is 1.60. The summed E-state index contributed by atoms with van der Waals surface area (Å²) in [4.78, 5) is 0. The Morgan fingerprint density at radius 2 is 2.00 bits per heavy atom. The third-order valence-corrected chi connectivity index (χ3v) is 5.99. The molecular formula is C14H22O3Si. The Morgan fingerprint density at radius 3 is 2.61 bits per heavy atom. The minimum atomic E-state index is -1.95. The molecule has 0 radical (unpaired) electrons. The van der Waals surface area contributed by atoms with Gasteiger partial charge in [-0.25, -0.2) is 0 Å². The maximum atomic E-state index is 5.70. The summed E-state index contributed by atoms with van der Waals surface area (Å²) >= 11 is 0. The van der Waals surface area contributed by atoms with Crippen molar-refractivity contribution >= 4 is 14.6 Å². The third-order valence-electron chi connectivity index (χ3n) is 3.00. The summed E-state index contributed by atoms with van der Waals surface area (Å²) in [7, 11) is 1.48. The second-order valence-electron chi connectivity index (χ2n) is 4.27. The molecule has 4 heteroatoms. The molecule has 0 bridgehead atoms. The Hall–Kier alpha value is -1.10. The van der Waals surface area contributed by atoms with Gasteiger partial charge in [-0.1, -0.05) is 24.8 Å². The fourth-order valence-corrected chi connectivity index (χ4v) is 2.96. The lowest BCUT2D eigenvalue weighted by molar-refractivity contribution is 0.241. The van der Waals surface area contributed by atoms with Gasteiger partial charge in [-0.2, -0.15) is 0 Å². The molecule has 0 heterocycles. The van der Waals surface area contributed by atoms with Gasteiger partial charge in [-0.05, 0) is 36.7 Å². The molecular weight excluding hydrogens is 244 g/mol. The molecule has 0 aliphatic heterocycles. The molecule has 0 aromatic heterocycles. The van der Waals surface area contributed by atoms with E-state index in [1.165, 1.54) is 0 Å². The highest BCUT2D eigenvalue weighted by Gasteiger charge is 2.27. The van der Waals surface area contributed by atoms with E-state index in [1.54, 1.807) is 14.2 Å². The molecule has 0 saturated heterocycles. The van der Waals surface area contributed by atoms with Gasteiger partial charge in [0.25, 0.3) is 0 Å². The van der Waals surface area contributed by atoms with Crippen molar-refractivity contribution in [1.82, 2.24) is 0 Å². The van der Waals surface area contributed by atoms with Crippen LogP contribution in [0.25, 0.3) is 6.08 Å². The van der Waals surface area contributed by atoms with E-state index in [2.05, 4.69) is 13.1 Å². The summed E-state index contributed by atoms with van der Waals surface area (Å²) in [6.07, 6.45) is 2.75. The molecule has 0 saturated carbocycles. The number of rotatable bonds is 8. The lowest BCUT2D eigenvalue weighted by atomic mass is 10.2. The van der Waals surface area contributed by atoms with Crippen LogP contribution in [0.2, 0.25) is 12.6 Å². The van der Waals surface area contributed by atoms with Crippen LogP contribution in [0.3, 0.4) is 0 Å². The Morgan fingerprint density at radius 1 is 1.28 bits per heavy atom. The minimum absolute atomic E-state index is 0.676. The van der Waals surface area contributed by atoms with E-state index in [1.807, 2.05) is 30.3 Å². The van der Waals surface area contributed by atoms with Crippen LogP contribution in [0.5, 0.6) is 5.75 Å². The molecule has 0 aliphatic rings. The lowest BCUT2D eigenvalue weighted by Gasteiger charge is -2.22. The molecule has 0 unspecified atom stereocenters. The smallest absolute Gasteiger partial charge is 0.334 e. The van der Waals surface area contributed by atoms with Crippen molar-refractivity contribution < 1.29 is 13.6 Å². The van der Waals surface area contributed by atoms with Gasteiger partial charge in [0.05, 0.1) is 6.61 Å². The summed E-state index contributed by atoms with van der Waals surface area (Å²) in [6, 6.07) is 8.84. The van der Waals surface area contributed by atoms with Crippen molar-refractivity contribution in [1.29, 1.82) is 0 Å². The van der Waals surface area contributed by atoms with Gasteiger partial charge >= 0.3 is 8.56 Å². The molecule has 1 aromatic carbocycles. The Labute approximate surface area is 111 Å². The van der Waals surface area contributed by atoms with E-state index in [9.17, 15) is 0 Å². The molecule has 0 aliphatic carbocycles. The molecule has 0 amide bonds. The van der Waals surface area contributed by atoms with Crippen molar-refractivity contribution in [3.63, 3.8) is 0 Å². The third kappa shape index (κ3) is 4.64. The van der Waals surface area contributed by atoms with Gasteiger partial charge < -0.3 is 13.6 Å². The highest BCUT2D eigenvalue weighted by Crippen LogP contribution is 2.17. The standard InChI is InChI=1S/C14H22O3Si/c1-5-13-8-6-9-14(12-13)17-10-7-11-18(4,15-2)16-3/h5-6,8-9,12H,1,7,10-11H2,2-4H3. The SMILES string of the molecule is C=Cc1cccc(OCCC[Si](C)(OC)OC)c1. The zero-order valence-electron chi connectivity index (χ0n) is 11.4. The lowest BCUT2D eigenvalue weighted by Crippen LogP contribution is -2.36. The van der Waals surface area contributed by atoms with Gasteiger partial charge in [-0.15, -0.1) is 0 Å². The molecule has 18 heavy (non-hydrogen) atoms. The zero-order valence-corrected chi connectivity index (χ0v) is 12.4. The highest BCUT2D eigenvalue weighted by atomic mass is 28.4. The van der Waals surface area contributed by atoms with E-state index in [0.29, 0.717) is 6.61 Å². The van der Waals surface area contributed by atoms with Crippen LogP contribution in [0.15, 0.2) is 30.8 Å². The predicted octanol–water partition coefficient (Wildman–Crippen LogP) is 3.46. The molecule has 0 N–H and O–H groups in total. The fraction of sp³-hybridized carbons (Fsp3) is 0.429. The second-order valence-corrected chi connectivity index (χ2v) is 7.85. The Bertz CT molecular complexity index is 375. The van der Waals surface area contributed by atoms with Crippen LogP contribution in [0.1, 0.15) is 12.0 Å². The molecule has 1 aromatic rings. The van der Waals surface area contributed by atoms with Crippen molar-refractivity contribution in [3.8, 4) is 5.75 Å². The average Bonchev–Trinajstić information content (AvgIpc) is 2.43. The van der Waals surface area contributed by atoms with Gasteiger partial charge in [0.1, 0.15) is 5.75 Å². The first-order valence-corrected chi connectivity index (χ1v) is 8.61. The maximum Gasteiger partial charge on any atom is 0.334 e. The molecule has 0 spiro atoms. The molecule has 1 rings (SSSR count). The predicted molar refractivity (Wildman–Crippen MR) is 77.1 cm³/mol. The number of hydrogen-bond acceptors (Lipinski definition) is 3. The normalized spacial score (nSPS) is 11.3. The zero-order chi connectivity index (χ0) is 13.4. The summed E-state index contributed by atoms with van der Waals surface area (Å²) in [6.45, 7) is 6.48. The first-order chi connectivity index (χ1) is 8.63. The van der Waals surface area contributed by atoms with Crippen LogP contribution < -0.4 is 4.74 Å². The monoisotopic (exact) mass is 266 g/mol. The van der Waals surface area contributed by atoms with E-state index in [0.717, 1.165) is 23.8 Å². The topological polar surface area (TPSA) is 27.7 Å². The molecule has 0 fully saturated rings. The highest BCUT2D eigenvalue weighted by molar-refractivity contribution is 6.65. The summed E-state index contributed by atoms with van der Waals surface area (Å²) in [5.74, 6) is 0.880. The van der Waals surface area contributed by atoms with Crippen LogP contribution in [-0.4, -0.2) is 29.4 Å². The summed E-state index contributed by atoms with van der Waals surface area (Å²) in [5, 5.41) is 0. The van der Waals surface area contributed by atoms with Crippen molar-refractivity contribution in [3.05, 3.63) is 36.4 Å². The first kappa shape index (κ1) is 15.0. The van der Waals surface area contributed by atoms with Gasteiger partial charge in [0.15, 0.2) is 0 Å². The van der Waals surface area contributed by atoms with Crippen molar-refractivity contribution in [2.75, 3.05) is 20.8 Å². The number of hydrogen-bond donors (Lipinski definition) is 0. The summed E-state index contributed by atoms with van der Waals surface area (Å²) < 4.78 is 16.5. The van der Waals surface area contributed by atoms with Crippen molar-refractivity contribution in [2.45, 2.75) is 19.0 Å². The Balaban J connectivity index is 2.35. The second kappa shape index (κ2) is 7.36. The molecule has 3 nitrogen and oxygen atoms in total. The van der Waals surface area contributed by atoms with Crippen LogP contribution in [-0.2, 0) is 8.85 Å². The largest absolute Gasteiger partial charge is 0.494 e. The average molecular weight is 266 g/mol. The van der Waals surface area contributed by atoms with Crippen LogP contribution in [0, 0.1) is 0 Å². The van der Waals surface area contributed by atoms with Gasteiger partial charge in [0.2, 0.25) is 0 Å². The van der Waals surface area contributed by atoms with E-state index in [4.69, 9.17) is 13.6 Å². The van der Waals surface area contributed by atoms with E-state index >= 15 is 0 Å². The molecule has 100 valence electrons. The van der Waals surface area contributed by atoms with Crippen LogP contribution in [0.4, 0.5) is 0 Å². The minimum Gasteiger partial charge on any atom is -0.494 e. The summed E-state index contributed by atoms with van der Waals surface area (Å²) in [5.41, 5.74) is 1.07. The van der Waals surface area contributed by atoms with Crippen molar-refractivity contribution in [2.24, 2.45) is 0 Å². The van der Waals surface area contributed by atoms with E-state index < -0.39 is 8.56 Å². The van der Waals surface area contributed by atoms with Gasteiger partial charge in [-0.3, -0.25) is 0 Å². The maximum absolute atomic E-state index is 5.70. The van der Waals surface area contributed by atoms with Gasteiger partial charge in [0, 0.05) is 14.2 Å². The number of benzene rings is 1. The Kier molecular flexibility index (Phi) is 6.11. The van der Waals surface area contributed by atoms with E-state index in [-0.39, 0.29) is 0 Å². The number of ether oxygens (including phenoxy) is 1. The van der Waals surface area contributed by atoms with Crippen LogP contribution >= 0.6 is 0 Å². The quantitative estimate of drug-likeness (QED) is 0.533.